The Bertz CT molecular complexity index is 837. The van der Waals surface area contributed by atoms with Gasteiger partial charge in [-0.25, -0.2) is 0 Å². The molecule has 1 aliphatic rings. The quantitative estimate of drug-likeness (QED) is 0.725. The summed E-state index contributed by atoms with van der Waals surface area (Å²) in [6.45, 7) is 6.45. The molecule has 1 heterocycles. The van der Waals surface area contributed by atoms with E-state index in [0.717, 1.165) is 24.8 Å². The largest absolute Gasteiger partial charge is 0.365 e. The zero-order valence-corrected chi connectivity index (χ0v) is 17.1. The van der Waals surface area contributed by atoms with Gasteiger partial charge in [-0.15, -0.1) is 11.3 Å². The van der Waals surface area contributed by atoms with Crippen LogP contribution in [0.25, 0.3) is 0 Å². The molecule has 2 aromatic rings. The predicted octanol–water partition coefficient (Wildman–Crippen LogP) is 5.13. The summed E-state index contributed by atoms with van der Waals surface area (Å²) < 4.78 is 0. The lowest BCUT2D eigenvalue weighted by Gasteiger charge is -2.21. The van der Waals surface area contributed by atoms with Gasteiger partial charge in [-0.2, -0.15) is 0 Å². The van der Waals surface area contributed by atoms with Gasteiger partial charge in [0.05, 0.1) is 5.56 Å². The number of primary amides is 1. The Morgan fingerprint density at radius 1 is 1.26 bits per heavy atom. The van der Waals surface area contributed by atoms with Crippen LogP contribution in [0.3, 0.4) is 0 Å². The summed E-state index contributed by atoms with van der Waals surface area (Å²) >= 11 is 1.52. The average Bonchev–Trinajstić information content (AvgIpc) is 2.99. The number of carbonyl (C=O) groups excluding carboxylic acids is 2. The smallest absolute Gasteiger partial charge is 0.256 e. The second kappa shape index (κ2) is 8.26. The van der Waals surface area contributed by atoms with Crippen molar-refractivity contribution >= 4 is 28.2 Å². The van der Waals surface area contributed by atoms with Crippen molar-refractivity contribution in [1.82, 2.24) is 0 Å². The Kier molecular flexibility index (Phi) is 6.00. The SMILES string of the molecule is CCC[C@@H]1CCc2c(sc(NC(=O)c3ccc(C(C)C)cc3)c2C(N)=O)C1. The molecule has 0 fully saturated rings. The first kappa shape index (κ1) is 19.6. The molecule has 1 atom stereocenters. The second-order valence-corrected chi connectivity index (χ2v) is 8.81. The Morgan fingerprint density at radius 2 is 1.96 bits per heavy atom. The average molecular weight is 385 g/mol. The summed E-state index contributed by atoms with van der Waals surface area (Å²) in [7, 11) is 0. The molecule has 27 heavy (non-hydrogen) atoms. The number of hydrogen-bond acceptors (Lipinski definition) is 3. The maximum absolute atomic E-state index is 12.7. The molecule has 3 N–H and O–H groups in total. The lowest BCUT2D eigenvalue weighted by Crippen LogP contribution is -2.20. The van der Waals surface area contributed by atoms with E-state index in [1.54, 1.807) is 0 Å². The van der Waals surface area contributed by atoms with Crippen LogP contribution in [0.2, 0.25) is 0 Å². The van der Waals surface area contributed by atoms with Gasteiger partial charge in [0.25, 0.3) is 11.8 Å². The molecule has 0 saturated carbocycles. The highest BCUT2D eigenvalue weighted by Gasteiger charge is 2.28. The molecule has 0 spiro atoms. The number of hydrogen-bond donors (Lipinski definition) is 2. The summed E-state index contributed by atoms with van der Waals surface area (Å²) in [6, 6.07) is 7.62. The number of nitrogens with one attached hydrogen (secondary N) is 1. The fourth-order valence-corrected chi connectivity index (χ4v) is 5.21. The molecule has 1 aromatic carbocycles. The highest BCUT2D eigenvalue weighted by molar-refractivity contribution is 7.17. The van der Waals surface area contributed by atoms with Crippen LogP contribution < -0.4 is 11.1 Å². The summed E-state index contributed by atoms with van der Waals surface area (Å²) in [5.74, 6) is 0.432. The molecule has 4 nitrogen and oxygen atoms in total. The molecule has 1 aromatic heterocycles. The molecule has 1 aliphatic carbocycles. The van der Waals surface area contributed by atoms with Crippen LogP contribution in [0.5, 0.6) is 0 Å². The van der Waals surface area contributed by atoms with E-state index in [4.69, 9.17) is 5.73 Å². The topological polar surface area (TPSA) is 72.2 Å². The Hall–Kier alpha value is -2.14. The zero-order valence-electron chi connectivity index (χ0n) is 16.3. The van der Waals surface area contributed by atoms with E-state index in [9.17, 15) is 9.59 Å². The van der Waals surface area contributed by atoms with Crippen LogP contribution in [-0.4, -0.2) is 11.8 Å². The molecule has 144 valence electrons. The monoisotopic (exact) mass is 384 g/mol. The molecule has 0 unspecified atom stereocenters. The third-order valence-electron chi connectivity index (χ3n) is 5.38. The third kappa shape index (κ3) is 4.24. The van der Waals surface area contributed by atoms with Crippen LogP contribution in [0.15, 0.2) is 24.3 Å². The number of fused-ring (bicyclic) bond motifs is 1. The highest BCUT2D eigenvalue weighted by Crippen LogP contribution is 2.40. The molecule has 0 bridgehead atoms. The Balaban J connectivity index is 1.84. The van der Waals surface area contributed by atoms with Gasteiger partial charge in [0, 0.05) is 10.4 Å². The van der Waals surface area contributed by atoms with Gasteiger partial charge in [0.15, 0.2) is 0 Å². The van der Waals surface area contributed by atoms with Crippen molar-refractivity contribution < 1.29 is 9.59 Å². The summed E-state index contributed by atoms with van der Waals surface area (Å²) in [6.07, 6.45) is 5.31. The minimum atomic E-state index is -0.452. The van der Waals surface area contributed by atoms with Crippen molar-refractivity contribution in [2.24, 2.45) is 11.7 Å². The normalized spacial score (nSPS) is 16.2. The van der Waals surface area contributed by atoms with E-state index in [1.165, 1.54) is 34.6 Å². The van der Waals surface area contributed by atoms with E-state index in [-0.39, 0.29) is 5.91 Å². The van der Waals surface area contributed by atoms with Gasteiger partial charge in [0.2, 0.25) is 0 Å². The van der Waals surface area contributed by atoms with Crippen molar-refractivity contribution in [3.8, 4) is 0 Å². The summed E-state index contributed by atoms with van der Waals surface area (Å²) in [5, 5.41) is 3.54. The second-order valence-electron chi connectivity index (χ2n) is 7.70. The lowest BCUT2D eigenvalue weighted by atomic mass is 9.84. The van der Waals surface area contributed by atoms with Crippen LogP contribution in [0.1, 0.15) is 82.7 Å². The van der Waals surface area contributed by atoms with E-state index >= 15 is 0 Å². The van der Waals surface area contributed by atoms with Gasteiger partial charge >= 0.3 is 0 Å². The first-order valence-corrected chi connectivity index (χ1v) is 10.6. The molecular weight excluding hydrogens is 356 g/mol. The van der Waals surface area contributed by atoms with Gasteiger partial charge in [-0.1, -0.05) is 45.7 Å². The van der Waals surface area contributed by atoms with Gasteiger partial charge in [-0.05, 0) is 54.4 Å². The fourth-order valence-electron chi connectivity index (χ4n) is 3.85. The Morgan fingerprint density at radius 3 is 2.56 bits per heavy atom. The number of benzene rings is 1. The molecule has 5 heteroatoms. The molecule has 0 saturated heterocycles. The molecule has 0 aliphatic heterocycles. The van der Waals surface area contributed by atoms with E-state index in [2.05, 4.69) is 26.1 Å². The molecule has 2 amide bonds. The number of rotatable bonds is 6. The summed E-state index contributed by atoms with van der Waals surface area (Å²) in [5.41, 5.74) is 9.00. The predicted molar refractivity (Wildman–Crippen MR) is 112 cm³/mol. The van der Waals surface area contributed by atoms with Crippen molar-refractivity contribution in [3.05, 3.63) is 51.4 Å². The molecule has 3 rings (SSSR count). The highest BCUT2D eigenvalue weighted by atomic mass is 32.1. The van der Waals surface area contributed by atoms with E-state index < -0.39 is 5.91 Å². The Labute approximate surface area is 165 Å². The minimum absolute atomic E-state index is 0.198. The number of amides is 2. The van der Waals surface area contributed by atoms with Crippen LogP contribution >= 0.6 is 11.3 Å². The minimum Gasteiger partial charge on any atom is -0.365 e. The fraction of sp³-hybridized carbons (Fsp3) is 0.455. The van der Waals surface area contributed by atoms with E-state index in [1.807, 2.05) is 24.3 Å². The first-order chi connectivity index (χ1) is 12.9. The maximum Gasteiger partial charge on any atom is 0.256 e. The first-order valence-electron chi connectivity index (χ1n) is 9.76. The van der Waals surface area contributed by atoms with Crippen molar-refractivity contribution in [2.45, 2.75) is 58.8 Å². The van der Waals surface area contributed by atoms with Crippen molar-refractivity contribution in [3.63, 3.8) is 0 Å². The summed E-state index contributed by atoms with van der Waals surface area (Å²) in [4.78, 5) is 26.0. The molecule has 0 radical (unpaired) electrons. The standard InChI is InChI=1S/C22H28N2O2S/c1-4-5-14-6-11-17-18(12-14)27-22(19(17)20(23)25)24-21(26)16-9-7-15(8-10-16)13(2)3/h7-10,13-14H,4-6,11-12H2,1-3H3,(H2,23,25)(H,24,26)/t14-/m1/s1. The number of thiophene rings is 1. The van der Waals surface area contributed by atoms with Crippen molar-refractivity contribution in [1.29, 1.82) is 0 Å². The lowest BCUT2D eigenvalue weighted by molar-refractivity contribution is 0.1000. The number of nitrogens with two attached hydrogens (primary N) is 1. The maximum atomic E-state index is 12.7. The molecular formula is C22H28N2O2S. The van der Waals surface area contributed by atoms with Crippen LogP contribution in [-0.2, 0) is 12.8 Å². The van der Waals surface area contributed by atoms with Crippen LogP contribution in [0, 0.1) is 5.92 Å². The zero-order chi connectivity index (χ0) is 19.6. The number of carbonyl (C=O) groups is 2. The van der Waals surface area contributed by atoms with Gasteiger partial charge < -0.3 is 11.1 Å². The van der Waals surface area contributed by atoms with Gasteiger partial charge in [0.1, 0.15) is 5.00 Å². The van der Waals surface area contributed by atoms with E-state index in [0.29, 0.717) is 28.0 Å². The third-order valence-corrected chi connectivity index (χ3v) is 6.55. The van der Waals surface area contributed by atoms with Crippen molar-refractivity contribution in [2.75, 3.05) is 5.32 Å². The van der Waals surface area contributed by atoms with Crippen LogP contribution in [0.4, 0.5) is 5.00 Å². The van der Waals surface area contributed by atoms with Gasteiger partial charge in [-0.3, -0.25) is 9.59 Å². The number of anilines is 1.